The number of nitrogens with one attached hydrogen (secondary N) is 1. The maximum atomic E-state index is 12.6. The van der Waals surface area contributed by atoms with Gasteiger partial charge in [-0.05, 0) is 17.7 Å². The lowest BCUT2D eigenvalue weighted by Gasteiger charge is -2.36. The lowest BCUT2D eigenvalue weighted by molar-refractivity contribution is -0.385. The molecular weight excluding hydrogens is 525 g/mol. The Morgan fingerprint density at radius 3 is 2.67 bits per heavy atom. The molecule has 10 nitrogen and oxygen atoms in total. The summed E-state index contributed by atoms with van der Waals surface area (Å²) in [5, 5.41) is 18.5. The third-order valence-corrected chi connectivity index (χ3v) is 4.82. The van der Waals surface area contributed by atoms with E-state index in [1.54, 1.807) is 7.05 Å². The molecule has 0 aliphatic carbocycles. The molecule has 1 saturated heterocycles. The van der Waals surface area contributed by atoms with Gasteiger partial charge in [0.1, 0.15) is 12.4 Å². The number of aromatic nitrogens is 2. The van der Waals surface area contributed by atoms with Gasteiger partial charge in [0, 0.05) is 38.2 Å². The molecular formula is C18H23ClIN7O3. The molecule has 1 aromatic heterocycles. The molecule has 1 aliphatic rings. The number of amides is 1. The summed E-state index contributed by atoms with van der Waals surface area (Å²) in [5.41, 5.74) is 0.990. The Hall–Kier alpha value is -2.41. The quantitative estimate of drug-likeness (QED) is 0.195. The van der Waals surface area contributed by atoms with Gasteiger partial charge in [0.05, 0.1) is 18.0 Å². The van der Waals surface area contributed by atoms with Gasteiger partial charge >= 0.3 is 5.69 Å². The maximum Gasteiger partial charge on any atom is 0.306 e. The third kappa shape index (κ3) is 6.29. The van der Waals surface area contributed by atoms with E-state index in [1.807, 2.05) is 34.1 Å². The second-order valence-electron chi connectivity index (χ2n) is 6.56. The minimum absolute atomic E-state index is 0. The van der Waals surface area contributed by atoms with Crippen LogP contribution >= 0.6 is 35.6 Å². The molecule has 0 saturated carbocycles. The fraction of sp³-hybridized carbons (Fsp3) is 0.389. The second-order valence-corrected chi connectivity index (χ2v) is 6.99. The summed E-state index contributed by atoms with van der Waals surface area (Å²) in [6, 6.07) is 7.47. The van der Waals surface area contributed by atoms with Crippen LogP contribution < -0.4 is 5.32 Å². The van der Waals surface area contributed by atoms with E-state index in [1.165, 1.54) is 17.1 Å². The van der Waals surface area contributed by atoms with Crippen molar-refractivity contribution in [2.75, 3.05) is 33.2 Å². The molecule has 30 heavy (non-hydrogen) atoms. The van der Waals surface area contributed by atoms with Gasteiger partial charge in [0.25, 0.3) is 0 Å². The first-order valence-electron chi connectivity index (χ1n) is 9.11. The average molecular weight is 548 g/mol. The van der Waals surface area contributed by atoms with Crippen molar-refractivity contribution in [3.63, 3.8) is 0 Å². The number of benzene rings is 1. The number of nitrogens with zero attached hydrogens (tertiary/aromatic N) is 6. The molecule has 1 aromatic carbocycles. The van der Waals surface area contributed by atoms with Crippen molar-refractivity contribution < 1.29 is 9.72 Å². The summed E-state index contributed by atoms with van der Waals surface area (Å²) in [5.74, 6) is 0.642. The Morgan fingerprint density at radius 2 is 2.07 bits per heavy atom. The number of aliphatic imine (C=N–C) groups is 1. The first kappa shape index (κ1) is 23.9. The summed E-state index contributed by atoms with van der Waals surface area (Å²) >= 11 is 5.91. The Bertz CT molecular complexity index is 903. The summed E-state index contributed by atoms with van der Waals surface area (Å²) in [4.78, 5) is 30.7. The van der Waals surface area contributed by atoms with Crippen molar-refractivity contribution >= 4 is 53.1 Å². The van der Waals surface area contributed by atoms with Crippen LogP contribution in [0.1, 0.15) is 5.56 Å². The number of hydrogen-bond acceptors (Lipinski definition) is 5. The van der Waals surface area contributed by atoms with Gasteiger partial charge in [-0.25, -0.2) is 0 Å². The number of guanidine groups is 1. The standard InChI is InChI=1S/C18H22ClN7O3.HI/c1-20-18(21-6-7-25-12-16(10-22-25)26(28)29)24-9-8-23(17(27)13-24)11-14-2-4-15(19)5-3-14;/h2-5,10,12H,6-9,11,13H2,1H3,(H,20,21);1H. The molecule has 0 spiro atoms. The highest BCUT2D eigenvalue weighted by atomic mass is 127. The molecule has 0 unspecified atom stereocenters. The normalized spacial score (nSPS) is 14.5. The Labute approximate surface area is 196 Å². The van der Waals surface area contributed by atoms with Crippen LogP contribution in [0.3, 0.4) is 0 Å². The SMILES string of the molecule is CN=C(NCCn1cc([N+](=O)[O-])cn1)N1CCN(Cc2ccc(Cl)cc2)C(=O)C1.I. The zero-order valence-electron chi connectivity index (χ0n) is 16.4. The zero-order valence-corrected chi connectivity index (χ0v) is 19.5. The van der Waals surface area contributed by atoms with Crippen LogP contribution in [0.25, 0.3) is 0 Å². The van der Waals surface area contributed by atoms with Crippen molar-refractivity contribution in [2.45, 2.75) is 13.1 Å². The smallest absolute Gasteiger partial charge is 0.306 e. The van der Waals surface area contributed by atoms with E-state index in [4.69, 9.17) is 11.6 Å². The lowest BCUT2D eigenvalue weighted by Crippen LogP contribution is -2.55. The molecule has 1 fully saturated rings. The molecule has 1 aliphatic heterocycles. The minimum Gasteiger partial charge on any atom is -0.354 e. The van der Waals surface area contributed by atoms with Gasteiger partial charge < -0.3 is 15.1 Å². The van der Waals surface area contributed by atoms with Crippen LogP contribution in [0, 0.1) is 10.1 Å². The van der Waals surface area contributed by atoms with Crippen LogP contribution in [0.15, 0.2) is 41.7 Å². The van der Waals surface area contributed by atoms with Crippen molar-refractivity contribution in [1.29, 1.82) is 0 Å². The van der Waals surface area contributed by atoms with Gasteiger partial charge in [0.2, 0.25) is 5.91 Å². The summed E-state index contributed by atoms with van der Waals surface area (Å²) in [6.45, 7) is 2.95. The minimum atomic E-state index is -0.481. The lowest BCUT2D eigenvalue weighted by atomic mass is 10.2. The van der Waals surface area contributed by atoms with Crippen molar-refractivity contribution in [3.8, 4) is 0 Å². The third-order valence-electron chi connectivity index (χ3n) is 4.57. The molecule has 0 radical (unpaired) electrons. The van der Waals surface area contributed by atoms with E-state index in [0.29, 0.717) is 43.7 Å². The Balaban J connectivity index is 0.00000320. The van der Waals surface area contributed by atoms with Gasteiger partial charge in [0.15, 0.2) is 5.96 Å². The number of rotatable bonds is 6. The molecule has 2 aromatic rings. The van der Waals surface area contributed by atoms with E-state index < -0.39 is 4.92 Å². The van der Waals surface area contributed by atoms with Gasteiger partial charge in [-0.15, -0.1) is 24.0 Å². The highest BCUT2D eigenvalue weighted by Gasteiger charge is 2.25. The summed E-state index contributed by atoms with van der Waals surface area (Å²) in [7, 11) is 1.66. The molecule has 3 rings (SSSR count). The van der Waals surface area contributed by atoms with E-state index >= 15 is 0 Å². The van der Waals surface area contributed by atoms with E-state index in [-0.39, 0.29) is 42.1 Å². The average Bonchev–Trinajstić information content (AvgIpc) is 3.18. The monoisotopic (exact) mass is 547 g/mol. The van der Waals surface area contributed by atoms with Gasteiger partial charge in [-0.2, -0.15) is 5.10 Å². The van der Waals surface area contributed by atoms with Crippen LogP contribution in [0.5, 0.6) is 0 Å². The molecule has 0 atom stereocenters. The number of piperazine rings is 1. The molecule has 0 bridgehead atoms. The molecule has 1 N–H and O–H groups in total. The summed E-state index contributed by atoms with van der Waals surface area (Å²) < 4.78 is 1.49. The zero-order chi connectivity index (χ0) is 20.8. The van der Waals surface area contributed by atoms with Crippen molar-refractivity contribution in [1.82, 2.24) is 24.9 Å². The van der Waals surface area contributed by atoms with Gasteiger partial charge in [-0.3, -0.25) is 24.6 Å². The van der Waals surface area contributed by atoms with Crippen LogP contribution in [0.2, 0.25) is 5.02 Å². The van der Waals surface area contributed by atoms with E-state index in [9.17, 15) is 14.9 Å². The number of carbonyl (C=O) groups excluding carboxylic acids is 1. The molecule has 1 amide bonds. The highest BCUT2D eigenvalue weighted by Crippen LogP contribution is 2.13. The molecule has 12 heteroatoms. The summed E-state index contributed by atoms with van der Waals surface area (Å²) in [6.07, 6.45) is 2.59. The van der Waals surface area contributed by atoms with Crippen molar-refractivity contribution in [3.05, 3.63) is 57.4 Å². The fourth-order valence-corrected chi connectivity index (χ4v) is 3.18. The van der Waals surface area contributed by atoms with Crippen LogP contribution in [-0.4, -0.2) is 69.6 Å². The van der Waals surface area contributed by atoms with E-state index in [0.717, 1.165) is 5.56 Å². The van der Waals surface area contributed by atoms with Crippen LogP contribution in [-0.2, 0) is 17.9 Å². The first-order valence-corrected chi connectivity index (χ1v) is 9.48. The van der Waals surface area contributed by atoms with E-state index in [2.05, 4.69) is 15.4 Å². The number of hydrogen-bond donors (Lipinski definition) is 1. The Kier molecular flexibility index (Phi) is 8.84. The van der Waals surface area contributed by atoms with Gasteiger partial charge in [-0.1, -0.05) is 23.7 Å². The highest BCUT2D eigenvalue weighted by molar-refractivity contribution is 14.0. The maximum absolute atomic E-state index is 12.6. The number of nitro groups is 1. The predicted octanol–water partition coefficient (Wildman–Crippen LogP) is 1.98. The van der Waals surface area contributed by atoms with Crippen molar-refractivity contribution in [2.24, 2.45) is 4.99 Å². The molecule has 162 valence electrons. The second kappa shape index (κ2) is 11.1. The predicted molar refractivity (Wildman–Crippen MR) is 124 cm³/mol. The Morgan fingerprint density at radius 1 is 1.33 bits per heavy atom. The fourth-order valence-electron chi connectivity index (χ4n) is 3.05. The van der Waals surface area contributed by atoms with Crippen LogP contribution in [0.4, 0.5) is 5.69 Å². The topological polar surface area (TPSA) is 109 Å². The largest absolute Gasteiger partial charge is 0.354 e. The number of carbonyl (C=O) groups is 1. The first-order chi connectivity index (χ1) is 14.0. The number of halogens is 2. The molecule has 2 heterocycles.